The number of hydrogen-bond donors (Lipinski definition) is 2. The monoisotopic (exact) mass is 435 g/mol. The molecule has 0 radical (unpaired) electrons. The second-order valence-corrected chi connectivity index (χ2v) is 8.05. The summed E-state index contributed by atoms with van der Waals surface area (Å²) in [5.74, 6) is 1.25. The van der Waals surface area contributed by atoms with Crippen molar-refractivity contribution in [3.63, 3.8) is 0 Å². The lowest BCUT2D eigenvalue weighted by Crippen LogP contribution is -2.40. The molecule has 4 rings (SSSR count). The number of non-ortho nitro benzene ring substituents is 1. The minimum Gasteiger partial charge on any atom is -0.381 e. The van der Waals surface area contributed by atoms with Gasteiger partial charge < -0.3 is 19.9 Å². The molecule has 0 saturated carbocycles. The number of aromatic nitrogens is 1. The summed E-state index contributed by atoms with van der Waals surface area (Å²) in [7, 11) is 0. The molecule has 2 aromatic carbocycles. The molecule has 0 bridgehead atoms. The molecule has 1 aromatic heterocycles. The number of rotatable bonds is 9. The smallest absolute Gasteiger partial charge is 0.269 e. The summed E-state index contributed by atoms with van der Waals surface area (Å²) in [5.41, 5.74) is 2.27. The van der Waals surface area contributed by atoms with Gasteiger partial charge in [0.05, 0.1) is 18.1 Å². The molecule has 168 valence electrons. The third-order valence-electron chi connectivity index (χ3n) is 5.70. The standard InChI is InChI=1S/C24H29N5O3/c30-29(31)22-8-6-19(7-9-22)16-26-24(27-17-20-11-15-32-18-20)25-12-3-13-28-14-10-21-4-1-2-5-23(21)28/h1-2,4-10,14,20H,3,11-13,15-18H2,(H2,25,26,27). The van der Waals surface area contributed by atoms with Gasteiger partial charge in [0.25, 0.3) is 5.69 Å². The van der Waals surface area contributed by atoms with Crippen molar-refractivity contribution >= 4 is 22.5 Å². The molecule has 0 amide bonds. The van der Waals surface area contributed by atoms with Gasteiger partial charge in [-0.3, -0.25) is 10.1 Å². The number of fused-ring (bicyclic) bond motifs is 1. The molecule has 1 unspecified atom stereocenters. The van der Waals surface area contributed by atoms with Crippen LogP contribution in [-0.2, 0) is 17.8 Å². The Morgan fingerprint density at radius 2 is 2.00 bits per heavy atom. The second-order valence-electron chi connectivity index (χ2n) is 8.05. The van der Waals surface area contributed by atoms with Gasteiger partial charge in [-0.2, -0.15) is 0 Å². The number of nitro benzene ring substituents is 1. The summed E-state index contributed by atoms with van der Waals surface area (Å²) in [6, 6.07) is 17.1. The number of nitrogens with zero attached hydrogens (tertiary/aromatic N) is 3. The number of nitro groups is 1. The van der Waals surface area contributed by atoms with Crippen LogP contribution in [0.25, 0.3) is 10.9 Å². The fourth-order valence-electron chi connectivity index (χ4n) is 3.84. The van der Waals surface area contributed by atoms with Crippen molar-refractivity contribution in [2.45, 2.75) is 25.9 Å². The van der Waals surface area contributed by atoms with Gasteiger partial charge in [-0.25, -0.2) is 4.99 Å². The summed E-state index contributed by atoms with van der Waals surface area (Å²) >= 11 is 0. The highest BCUT2D eigenvalue weighted by molar-refractivity contribution is 5.80. The highest BCUT2D eigenvalue weighted by Gasteiger charge is 2.15. The van der Waals surface area contributed by atoms with Gasteiger partial charge in [-0.1, -0.05) is 30.3 Å². The Bertz CT molecular complexity index is 1050. The van der Waals surface area contributed by atoms with E-state index in [1.807, 2.05) is 0 Å². The van der Waals surface area contributed by atoms with Gasteiger partial charge >= 0.3 is 0 Å². The Kier molecular flexibility index (Phi) is 7.34. The molecule has 3 aromatic rings. The molecule has 8 heteroatoms. The van der Waals surface area contributed by atoms with E-state index >= 15 is 0 Å². The van der Waals surface area contributed by atoms with E-state index in [0.717, 1.165) is 57.2 Å². The van der Waals surface area contributed by atoms with Crippen LogP contribution in [0.15, 0.2) is 65.8 Å². The van der Waals surface area contributed by atoms with Crippen molar-refractivity contribution in [1.82, 2.24) is 15.2 Å². The van der Waals surface area contributed by atoms with E-state index in [-0.39, 0.29) is 10.6 Å². The molecule has 1 aliphatic heterocycles. The average molecular weight is 436 g/mol. The summed E-state index contributed by atoms with van der Waals surface area (Å²) < 4.78 is 7.74. The average Bonchev–Trinajstić information content (AvgIpc) is 3.48. The maximum absolute atomic E-state index is 10.8. The number of para-hydroxylation sites is 1. The van der Waals surface area contributed by atoms with Gasteiger partial charge in [-0.15, -0.1) is 0 Å². The van der Waals surface area contributed by atoms with E-state index in [2.05, 4.69) is 51.7 Å². The Hall–Kier alpha value is -3.39. The predicted octanol–water partition coefficient (Wildman–Crippen LogP) is 3.71. The molecule has 8 nitrogen and oxygen atoms in total. The van der Waals surface area contributed by atoms with Gasteiger partial charge in [0, 0.05) is 56.0 Å². The number of hydrogen-bond acceptors (Lipinski definition) is 4. The second kappa shape index (κ2) is 10.8. The first-order valence-corrected chi connectivity index (χ1v) is 11.1. The minimum atomic E-state index is -0.390. The third-order valence-corrected chi connectivity index (χ3v) is 5.70. The molecule has 2 N–H and O–H groups in total. The van der Waals surface area contributed by atoms with Crippen LogP contribution < -0.4 is 10.6 Å². The van der Waals surface area contributed by atoms with Gasteiger partial charge in [-0.05, 0) is 35.9 Å². The van der Waals surface area contributed by atoms with Crippen LogP contribution in [-0.4, -0.2) is 41.8 Å². The zero-order valence-corrected chi connectivity index (χ0v) is 18.1. The summed E-state index contributed by atoms with van der Waals surface area (Å²) in [4.78, 5) is 15.1. The molecule has 0 spiro atoms. The Labute approximate surface area is 187 Å². The minimum absolute atomic E-state index is 0.0907. The molecular weight excluding hydrogens is 406 g/mol. The zero-order valence-electron chi connectivity index (χ0n) is 18.1. The van der Waals surface area contributed by atoms with Gasteiger partial charge in [0.2, 0.25) is 0 Å². The largest absolute Gasteiger partial charge is 0.381 e. The quantitative estimate of drug-likeness (QED) is 0.176. The molecule has 1 aliphatic rings. The normalized spacial score (nSPS) is 16.4. The Morgan fingerprint density at radius 1 is 1.16 bits per heavy atom. The maximum Gasteiger partial charge on any atom is 0.269 e. The van der Waals surface area contributed by atoms with E-state index in [1.165, 1.54) is 23.0 Å². The molecule has 32 heavy (non-hydrogen) atoms. The summed E-state index contributed by atoms with van der Waals surface area (Å²) in [6.45, 7) is 4.58. The molecule has 1 atom stereocenters. The van der Waals surface area contributed by atoms with E-state index in [9.17, 15) is 10.1 Å². The molecule has 1 fully saturated rings. The molecule has 2 heterocycles. The zero-order chi connectivity index (χ0) is 22.2. The maximum atomic E-state index is 10.8. The molecular formula is C24H29N5O3. The van der Waals surface area contributed by atoms with Crippen molar-refractivity contribution in [1.29, 1.82) is 0 Å². The third kappa shape index (κ3) is 5.85. The van der Waals surface area contributed by atoms with E-state index in [1.54, 1.807) is 12.1 Å². The van der Waals surface area contributed by atoms with Crippen LogP contribution in [0.5, 0.6) is 0 Å². The van der Waals surface area contributed by atoms with E-state index < -0.39 is 0 Å². The number of benzene rings is 2. The fraction of sp³-hybridized carbons (Fsp3) is 0.375. The first kappa shape index (κ1) is 21.8. The number of aliphatic imine (C=N–C) groups is 1. The lowest BCUT2D eigenvalue weighted by molar-refractivity contribution is -0.384. The highest BCUT2D eigenvalue weighted by Crippen LogP contribution is 2.15. The van der Waals surface area contributed by atoms with Crippen molar-refractivity contribution in [2.75, 3.05) is 26.3 Å². The summed E-state index contributed by atoms with van der Waals surface area (Å²) in [5, 5.41) is 19.0. The SMILES string of the molecule is O=[N+]([O-])c1ccc(CN=C(NCCCn2ccc3ccccc32)NCC2CCOC2)cc1. The Morgan fingerprint density at radius 3 is 2.78 bits per heavy atom. The van der Waals surface area contributed by atoms with E-state index in [4.69, 9.17) is 9.73 Å². The topological polar surface area (TPSA) is 93.7 Å². The van der Waals surface area contributed by atoms with Crippen molar-refractivity contribution < 1.29 is 9.66 Å². The highest BCUT2D eigenvalue weighted by atomic mass is 16.6. The Balaban J connectivity index is 1.32. The van der Waals surface area contributed by atoms with Crippen LogP contribution in [0, 0.1) is 16.0 Å². The van der Waals surface area contributed by atoms with E-state index in [0.29, 0.717) is 12.5 Å². The molecule has 1 saturated heterocycles. The molecule has 0 aliphatic carbocycles. The lowest BCUT2D eigenvalue weighted by atomic mass is 10.1. The van der Waals surface area contributed by atoms with Crippen LogP contribution >= 0.6 is 0 Å². The fourth-order valence-corrected chi connectivity index (χ4v) is 3.84. The van der Waals surface area contributed by atoms with Gasteiger partial charge in [0.15, 0.2) is 5.96 Å². The first-order chi connectivity index (χ1) is 15.7. The predicted molar refractivity (Wildman–Crippen MR) is 126 cm³/mol. The number of aryl methyl sites for hydroxylation is 1. The van der Waals surface area contributed by atoms with Crippen molar-refractivity contribution in [2.24, 2.45) is 10.9 Å². The number of ether oxygens (including phenoxy) is 1. The van der Waals surface area contributed by atoms with Crippen LogP contribution in [0.4, 0.5) is 5.69 Å². The first-order valence-electron chi connectivity index (χ1n) is 11.1. The number of nitrogens with one attached hydrogen (secondary N) is 2. The van der Waals surface area contributed by atoms with Crippen molar-refractivity contribution in [3.8, 4) is 0 Å². The van der Waals surface area contributed by atoms with Crippen molar-refractivity contribution in [3.05, 3.63) is 76.5 Å². The van der Waals surface area contributed by atoms with Crippen LogP contribution in [0.2, 0.25) is 0 Å². The number of guanidine groups is 1. The lowest BCUT2D eigenvalue weighted by Gasteiger charge is -2.15. The van der Waals surface area contributed by atoms with Crippen LogP contribution in [0.1, 0.15) is 18.4 Å². The summed E-state index contributed by atoms with van der Waals surface area (Å²) in [6.07, 6.45) is 4.15. The van der Waals surface area contributed by atoms with Gasteiger partial charge in [0.1, 0.15) is 0 Å². The van der Waals surface area contributed by atoms with Crippen LogP contribution in [0.3, 0.4) is 0 Å².